The van der Waals surface area contributed by atoms with E-state index < -0.39 is 0 Å². The van der Waals surface area contributed by atoms with E-state index in [9.17, 15) is 0 Å². The fourth-order valence-corrected chi connectivity index (χ4v) is 3.59. The van der Waals surface area contributed by atoms with Gasteiger partial charge in [0.25, 0.3) is 0 Å². The molecule has 0 amide bonds. The molecule has 2 atom stereocenters. The standard InChI is InChI=1S/C15H25N5/c16-10-15(14-4-6-17-12-18-14)20-9-5-13(11-20)19-7-2-1-3-8-19/h4,6,12-13,15H,1-3,5,7-11,16H2. The number of nitrogens with two attached hydrogens (primary N) is 1. The van der Waals surface area contributed by atoms with Crippen LogP contribution in [0, 0.1) is 0 Å². The van der Waals surface area contributed by atoms with Gasteiger partial charge in [-0.3, -0.25) is 9.80 Å². The third-order valence-corrected chi connectivity index (χ3v) is 4.71. The molecule has 20 heavy (non-hydrogen) atoms. The summed E-state index contributed by atoms with van der Waals surface area (Å²) in [5.74, 6) is 0. The molecular formula is C15H25N5. The molecule has 0 saturated carbocycles. The van der Waals surface area contributed by atoms with Crippen LogP contribution in [0.3, 0.4) is 0 Å². The van der Waals surface area contributed by atoms with Gasteiger partial charge in [0.1, 0.15) is 6.33 Å². The third kappa shape index (κ3) is 3.00. The Hall–Kier alpha value is -1.04. The van der Waals surface area contributed by atoms with Crippen molar-refractivity contribution in [3.05, 3.63) is 24.3 Å². The maximum absolute atomic E-state index is 5.99. The van der Waals surface area contributed by atoms with Gasteiger partial charge in [0.2, 0.25) is 0 Å². The molecule has 0 spiro atoms. The van der Waals surface area contributed by atoms with Crippen LogP contribution in [-0.2, 0) is 0 Å². The highest BCUT2D eigenvalue weighted by atomic mass is 15.3. The summed E-state index contributed by atoms with van der Waals surface area (Å²) >= 11 is 0. The molecule has 0 aromatic carbocycles. The molecular weight excluding hydrogens is 250 g/mol. The van der Waals surface area contributed by atoms with Crippen molar-refractivity contribution < 1.29 is 0 Å². The van der Waals surface area contributed by atoms with E-state index in [1.165, 1.54) is 38.8 Å². The number of nitrogens with zero attached hydrogens (tertiary/aromatic N) is 4. The average molecular weight is 275 g/mol. The molecule has 3 rings (SSSR count). The molecule has 0 aliphatic carbocycles. The summed E-state index contributed by atoms with van der Waals surface area (Å²) < 4.78 is 0. The van der Waals surface area contributed by atoms with Crippen molar-refractivity contribution in [3.8, 4) is 0 Å². The fraction of sp³-hybridized carbons (Fsp3) is 0.733. The number of rotatable bonds is 4. The van der Waals surface area contributed by atoms with Crippen molar-refractivity contribution in [3.63, 3.8) is 0 Å². The highest BCUT2D eigenvalue weighted by Gasteiger charge is 2.32. The third-order valence-electron chi connectivity index (χ3n) is 4.71. The lowest BCUT2D eigenvalue weighted by Crippen LogP contribution is -2.42. The van der Waals surface area contributed by atoms with E-state index in [0.29, 0.717) is 12.6 Å². The quantitative estimate of drug-likeness (QED) is 0.889. The van der Waals surface area contributed by atoms with Gasteiger partial charge >= 0.3 is 0 Å². The summed E-state index contributed by atoms with van der Waals surface area (Å²) in [6.07, 6.45) is 8.83. The van der Waals surface area contributed by atoms with Crippen LogP contribution in [0.4, 0.5) is 0 Å². The molecule has 2 unspecified atom stereocenters. The second-order valence-electron chi connectivity index (χ2n) is 5.92. The Kier molecular flexibility index (Phi) is 4.60. The maximum atomic E-state index is 5.99. The number of likely N-dealkylation sites (tertiary alicyclic amines) is 2. The van der Waals surface area contributed by atoms with Crippen LogP contribution in [0.5, 0.6) is 0 Å². The van der Waals surface area contributed by atoms with Gasteiger partial charge in [-0.1, -0.05) is 6.42 Å². The summed E-state index contributed by atoms with van der Waals surface area (Å²) in [5.41, 5.74) is 7.05. The first-order valence-electron chi connectivity index (χ1n) is 7.82. The van der Waals surface area contributed by atoms with E-state index >= 15 is 0 Å². The summed E-state index contributed by atoms with van der Waals surface area (Å²) in [6, 6.07) is 2.95. The molecule has 2 aliphatic rings. The highest BCUT2D eigenvalue weighted by Crippen LogP contribution is 2.26. The Morgan fingerprint density at radius 1 is 1.25 bits per heavy atom. The second-order valence-corrected chi connectivity index (χ2v) is 5.92. The van der Waals surface area contributed by atoms with Gasteiger partial charge in [0.05, 0.1) is 11.7 Å². The van der Waals surface area contributed by atoms with Gasteiger partial charge in [0.15, 0.2) is 0 Å². The van der Waals surface area contributed by atoms with E-state index in [1.54, 1.807) is 6.33 Å². The first-order chi connectivity index (χ1) is 9.88. The lowest BCUT2D eigenvalue weighted by atomic mass is 10.1. The zero-order chi connectivity index (χ0) is 13.8. The Balaban J connectivity index is 1.63. The van der Waals surface area contributed by atoms with Gasteiger partial charge in [-0.05, 0) is 38.4 Å². The maximum Gasteiger partial charge on any atom is 0.115 e. The number of hydrogen-bond acceptors (Lipinski definition) is 5. The smallest absolute Gasteiger partial charge is 0.115 e. The lowest BCUT2D eigenvalue weighted by Gasteiger charge is -2.33. The molecule has 0 radical (unpaired) electrons. The molecule has 1 aromatic heterocycles. The minimum Gasteiger partial charge on any atom is -0.329 e. The number of aromatic nitrogens is 2. The molecule has 1 aromatic rings. The van der Waals surface area contributed by atoms with Gasteiger partial charge < -0.3 is 5.73 Å². The average Bonchev–Trinajstić information content (AvgIpc) is 3.00. The van der Waals surface area contributed by atoms with Crippen LogP contribution >= 0.6 is 0 Å². The molecule has 2 aliphatic heterocycles. The normalized spacial score (nSPS) is 26.8. The van der Waals surface area contributed by atoms with E-state index in [0.717, 1.165) is 18.8 Å². The fourth-order valence-electron chi connectivity index (χ4n) is 3.59. The summed E-state index contributed by atoms with van der Waals surface area (Å²) in [5, 5.41) is 0. The molecule has 2 fully saturated rings. The Labute approximate surface area is 121 Å². The number of piperidine rings is 1. The van der Waals surface area contributed by atoms with Crippen LogP contribution in [0.25, 0.3) is 0 Å². The molecule has 5 nitrogen and oxygen atoms in total. The van der Waals surface area contributed by atoms with E-state index in [-0.39, 0.29) is 6.04 Å². The summed E-state index contributed by atoms with van der Waals surface area (Å²) in [7, 11) is 0. The predicted molar refractivity (Wildman–Crippen MR) is 79.2 cm³/mol. The first kappa shape index (κ1) is 13.9. The van der Waals surface area contributed by atoms with Crippen molar-refractivity contribution in [2.75, 3.05) is 32.7 Å². The molecule has 110 valence electrons. The lowest BCUT2D eigenvalue weighted by molar-refractivity contribution is 0.152. The van der Waals surface area contributed by atoms with Crippen molar-refractivity contribution in [2.24, 2.45) is 5.73 Å². The van der Waals surface area contributed by atoms with E-state index in [1.807, 2.05) is 12.3 Å². The van der Waals surface area contributed by atoms with Gasteiger partial charge in [-0.2, -0.15) is 0 Å². The van der Waals surface area contributed by atoms with Crippen LogP contribution in [0.1, 0.15) is 37.4 Å². The largest absolute Gasteiger partial charge is 0.329 e. The molecule has 2 saturated heterocycles. The van der Waals surface area contributed by atoms with Crippen molar-refractivity contribution in [1.29, 1.82) is 0 Å². The zero-order valence-electron chi connectivity index (χ0n) is 12.1. The van der Waals surface area contributed by atoms with Crippen LogP contribution in [0.2, 0.25) is 0 Å². The Bertz CT molecular complexity index is 404. The SMILES string of the molecule is NCC(c1ccncn1)N1CCC(N2CCCCC2)C1. The van der Waals surface area contributed by atoms with Crippen LogP contribution < -0.4 is 5.73 Å². The van der Waals surface area contributed by atoms with Gasteiger partial charge in [0, 0.05) is 31.9 Å². The predicted octanol–water partition coefficient (Wildman–Crippen LogP) is 1.04. The molecule has 2 N–H and O–H groups in total. The Morgan fingerprint density at radius 3 is 2.80 bits per heavy atom. The zero-order valence-corrected chi connectivity index (χ0v) is 12.1. The van der Waals surface area contributed by atoms with E-state index in [4.69, 9.17) is 5.73 Å². The topological polar surface area (TPSA) is 58.3 Å². The molecule has 5 heteroatoms. The van der Waals surface area contributed by atoms with E-state index in [2.05, 4.69) is 19.8 Å². The van der Waals surface area contributed by atoms with Crippen LogP contribution in [-0.4, -0.2) is 58.5 Å². The van der Waals surface area contributed by atoms with Gasteiger partial charge in [-0.25, -0.2) is 9.97 Å². The molecule has 3 heterocycles. The highest BCUT2D eigenvalue weighted by molar-refractivity contribution is 5.07. The minimum absolute atomic E-state index is 0.243. The minimum atomic E-state index is 0.243. The van der Waals surface area contributed by atoms with Crippen molar-refractivity contribution in [2.45, 2.75) is 37.8 Å². The second kappa shape index (κ2) is 6.61. The van der Waals surface area contributed by atoms with Crippen molar-refractivity contribution in [1.82, 2.24) is 19.8 Å². The number of hydrogen-bond donors (Lipinski definition) is 1. The van der Waals surface area contributed by atoms with Crippen LogP contribution in [0.15, 0.2) is 18.6 Å². The first-order valence-corrected chi connectivity index (χ1v) is 7.82. The summed E-state index contributed by atoms with van der Waals surface area (Å²) in [4.78, 5) is 13.6. The monoisotopic (exact) mass is 275 g/mol. The molecule has 0 bridgehead atoms. The summed E-state index contributed by atoms with van der Waals surface area (Å²) in [6.45, 7) is 5.45. The van der Waals surface area contributed by atoms with Gasteiger partial charge in [-0.15, -0.1) is 0 Å². The van der Waals surface area contributed by atoms with Crippen molar-refractivity contribution >= 4 is 0 Å². The Morgan fingerprint density at radius 2 is 2.10 bits per heavy atom.